The Morgan fingerprint density at radius 3 is 2.29 bits per heavy atom. The first-order valence-electron chi connectivity index (χ1n) is 5.59. The van der Waals surface area contributed by atoms with Crippen molar-refractivity contribution >= 4 is 11.3 Å². The highest BCUT2D eigenvalue weighted by Gasteiger charge is 2.54. The molecule has 0 saturated carbocycles. The van der Waals surface area contributed by atoms with E-state index in [0.717, 1.165) is 22.6 Å². The number of aliphatic hydroxyl groups is 1. The van der Waals surface area contributed by atoms with Crippen molar-refractivity contribution in [3.05, 3.63) is 21.9 Å². The molecule has 17 heavy (non-hydrogen) atoms. The molecule has 0 aromatic carbocycles. The van der Waals surface area contributed by atoms with E-state index in [1.54, 1.807) is 6.07 Å². The number of hydrogen-bond donors (Lipinski definition) is 1. The van der Waals surface area contributed by atoms with Gasteiger partial charge < -0.3 is 5.11 Å². The average Bonchev–Trinajstić information content (AvgIpc) is 2.62. The molecular weight excluding hydrogens is 249 g/mol. The molecule has 98 valence electrons. The monoisotopic (exact) mass is 266 g/mol. The lowest BCUT2D eigenvalue weighted by atomic mass is 9.98. The zero-order valence-corrected chi connectivity index (χ0v) is 11.0. The Balaban J connectivity index is 3.02. The molecule has 1 N–H and O–H groups in total. The summed E-state index contributed by atoms with van der Waals surface area (Å²) in [6.07, 6.45) is -4.25. The highest BCUT2D eigenvalue weighted by Crippen LogP contribution is 2.44. The molecule has 5 heteroatoms. The highest BCUT2D eigenvalue weighted by molar-refractivity contribution is 7.12. The second-order valence-electron chi connectivity index (χ2n) is 4.58. The van der Waals surface area contributed by atoms with Gasteiger partial charge in [-0.2, -0.15) is 13.2 Å². The topological polar surface area (TPSA) is 20.2 Å². The third kappa shape index (κ3) is 3.01. The van der Waals surface area contributed by atoms with Crippen LogP contribution in [-0.2, 0) is 12.0 Å². The van der Waals surface area contributed by atoms with Crippen LogP contribution in [0.5, 0.6) is 0 Å². The maximum Gasteiger partial charge on any atom is 0.422 e. The number of hydrogen-bond acceptors (Lipinski definition) is 2. The van der Waals surface area contributed by atoms with Crippen molar-refractivity contribution in [2.24, 2.45) is 5.92 Å². The van der Waals surface area contributed by atoms with E-state index in [0.29, 0.717) is 5.92 Å². The molecule has 0 aliphatic heterocycles. The first-order chi connectivity index (χ1) is 7.70. The SMILES string of the molecule is CCC(O)(c1ccc(CC(C)C)s1)C(F)(F)F. The molecule has 1 unspecified atom stereocenters. The first kappa shape index (κ1) is 14.5. The molecule has 0 fully saturated rings. The Kier molecular flexibility index (Phi) is 4.25. The van der Waals surface area contributed by atoms with Gasteiger partial charge in [0.25, 0.3) is 0 Å². The van der Waals surface area contributed by atoms with Gasteiger partial charge >= 0.3 is 6.18 Å². The first-order valence-corrected chi connectivity index (χ1v) is 6.40. The predicted octanol–water partition coefficient (Wildman–Crippen LogP) is 4.11. The zero-order valence-electron chi connectivity index (χ0n) is 10.1. The summed E-state index contributed by atoms with van der Waals surface area (Å²) in [5, 5.41) is 9.76. The fraction of sp³-hybridized carbons (Fsp3) is 0.667. The molecule has 0 amide bonds. The van der Waals surface area contributed by atoms with E-state index in [1.165, 1.54) is 13.0 Å². The van der Waals surface area contributed by atoms with Gasteiger partial charge in [0.2, 0.25) is 0 Å². The van der Waals surface area contributed by atoms with Gasteiger partial charge in [0.05, 0.1) is 0 Å². The third-order valence-electron chi connectivity index (χ3n) is 2.66. The van der Waals surface area contributed by atoms with E-state index in [4.69, 9.17) is 0 Å². The lowest BCUT2D eigenvalue weighted by Crippen LogP contribution is -2.40. The van der Waals surface area contributed by atoms with Crippen LogP contribution < -0.4 is 0 Å². The van der Waals surface area contributed by atoms with Crippen LogP contribution in [0.3, 0.4) is 0 Å². The molecule has 1 aromatic heterocycles. The third-order valence-corrected chi connectivity index (χ3v) is 3.92. The Hall–Kier alpha value is -0.550. The van der Waals surface area contributed by atoms with Gasteiger partial charge in [-0.05, 0) is 30.9 Å². The van der Waals surface area contributed by atoms with Crippen LogP contribution in [0.15, 0.2) is 12.1 Å². The summed E-state index contributed by atoms with van der Waals surface area (Å²) >= 11 is 1.05. The lowest BCUT2D eigenvalue weighted by Gasteiger charge is -2.28. The predicted molar refractivity (Wildman–Crippen MR) is 63.1 cm³/mol. The summed E-state index contributed by atoms with van der Waals surface area (Å²) in [7, 11) is 0. The summed E-state index contributed by atoms with van der Waals surface area (Å²) in [6.45, 7) is 5.36. The molecular formula is C12H17F3OS. The van der Waals surface area contributed by atoms with Gasteiger partial charge in [0, 0.05) is 9.75 Å². The van der Waals surface area contributed by atoms with Crippen molar-refractivity contribution < 1.29 is 18.3 Å². The highest BCUT2D eigenvalue weighted by atomic mass is 32.1. The summed E-state index contributed by atoms with van der Waals surface area (Å²) in [5.41, 5.74) is -2.70. The molecule has 1 atom stereocenters. The molecule has 0 radical (unpaired) electrons. The molecule has 1 rings (SSSR count). The maximum atomic E-state index is 12.8. The maximum absolute atomic E-state index is 12.8. The van der Waals surface area contributed by atoms with E-state index < -0.39 is 11.8 Å². The molecule has 1 nitrogen and oxygen atoms in total. The minimum absolute atomic E-state index is 0.0110. The van der Waals surface area contributed by atoms with Crippen LogP contribution in [0.1, 0.15) is 36.9 Å². The molecule has 0 spiro atoms. The standard InChI is InChI=1S/C12H17F3OS/c1-4-11(16,12(13,14)15)10-6-5-9(17-10)7-8(2)3/h5-6,8,16H,4,7H2,1-3H3. The van der Waals surface area contributed by atoms with E-state index >= 15 is 0 Å². The van der Waals surface area contributed by atoms with E-state index in [-0.39, 0.29) is 11.3 Å². The number of halogens is 3. The summed E-state index contributed by atoms with van der Waals surface area (Å²) in [6, 6.07) is 3.06. The van der Waals surface area contributed by atoms with Crippen LogP contribution >= 0.6 is 11.3 Å². The lowest BCUT2D eigenvalue weighted by molar-refractivity contribution is -0.266. The van der Waals surface area contributed by atoms with Crippen molar-refractivity contribution in [2.75, 3.05) is 0 Å². The number of alkyl halides is 3. The van der Waals surface area contributed by atoms with E-state index in [1.807, 2.05) is 13.8 Å². The smallest absolute Gasteiger partial charge is 0.376 e. The fourth-order valence-electron chi connectivity index (χ4n) is 1.63. The quantitative estimate of drug-likeness (QED) is 0.869. The Labute approximate surface area is 103 Å². The van der Waals surface area contributed by atoms with Gasteiger partial charge in [0.15, 0.2) is 5.60 Å². The average molecular weight is 266 g/mol. The van der Waals surface area contributed by atoms with Crippen molar-refractivity contribution in [2.45, 2.75) is 45.4 Å². The zero-order chi connectivity index (χ0) is 13.3. The van der Waals surface area contributed by atoms with Crippen molar-refractivity contribution in [3.8, 4) is 0 Å². The van der Waals surface area contributed by atoms with Crippen LogP contribution in [0.2, 0.25) is 0 Å². The van der Waals surface area contributed by atoms with Crippen molar-refractivity contribution in [1.29, 1.82) is 0 Å². The van der Waals surface area contributed by atoms with Gasteiger partial charge in [-0.1, -0.05) is 20.8 Å². The molecule has 0 aliphatic carbocycles. The second kappa shape index (κ2) is 4.98. The summed E-state index contributed by atoms with van der Waals surface area (Å²) in [4.78, 5) is 0.870. The van der Waals surface area contributed by atoms with Crippen LogP contribution in [-0.4, -0.2) is 11.3 Å². The molecule has 1 heterocycles. The minimum atomic E-state index is -4.62. The Morgan fingerprint density at radius 1 is 1.29 bits per heavy atom. The largest absolute Gasteiger partial charge is 0.422 e. The van der Waals surface area contributed by atoms with Gasteiger partial charge in [0.1, 0.15) is 0 Å². The second-order valence-corrected chi connectivity index (χ2v) is 5.74. The molecule has 0 bridgehead atoms. The Morgan fingerprint density at radius 2 is 1.88 bits per heavy atom. The normalized spacial score (nSPS) is 16.2. The van der Waals surface area contributed by atoms with Gasteiger partial charge in [-0.25, -0.2) is 0 Å². The van der Waals surface area contributed by atoms with E-state index in [9.17, 15) is 18.3 Å². The summed E-state index contributed by atoms with van der Waals surface area (Å²) < 4.78 is 38.5. The van der Waals surface area contributed by atoms with Crippen LogP contribution in [0, 0.1) is 5.92 Å². The fourth-order valence-corrected chi connectivity index (χ4v) is 3.03. The number of thiophene rings is 1. The summed E-state index contributed by atoms with van der Waals surface area (Å²) in [5.74, 6) is 0.391. The number of rotatable bonds is 4. The van der Waals surface area contributed by atoms with Crippen LogP contribution in [0.25, 0.3) is 0 Å². The van der Waals surface area contributed by atoms with E-state index in [2.05, 4.69) is 0 Å². The minimum Gasteiger partial charge on any atom is -0.376 e. The molecule has 0 saturated heterocycles. The van der Waals surface area contributed by atoms with Crippen molar-refractivity contribution in [1.82, 2.24) is 0 Å². The van der Waals surface area contributed by atoms with Crippen molar-refractivity contribution in [3.63, 3.8) is 0 Å². The van der Waals surface area contributed by atoms with Crippen LogP contribution in [0.4, 0.5) is 13.2 Å². The van der Waals surface area contributed by atoms with Gasteiger partial charge in [-0.15, -0.1) is 11.3 Å². The Bertz CT molecular complexity index is 370. The molecule has 1 aromatic rings. The molecule has 0 aliphatic rings. The van der Waals surface area contributed by atoms with Gasteiger partial charge in [-0.3, -0.25) is 0 Å².